The van der Waals surface area contributed by atoms with Crippen LogP contribution >= 0.6 is 0 Å². The molecule has 0 fully saturated rings. The van der Waals surface area contributed by atoms with E-state index in [1.165, 1.54) is 10.9 Å². The SMILES string of the molecule is CC(C(=O)N(CCC#N)c1ccccc1)n1ccnn1. The Morgan fingerprint density at radius 3 is 2.80 bits per heavy atom. The van der Waals surface area contributed by atoms with Gasteiger partial charge in [0.1, 0.15) is 6.04 Å². The van der Waals surface area contributed by atoms with Crippen molar-refractivity contribution in [3.8, 4) is 6.07 Å². The topological polar surface area (TPSA) is 74.8 Å². The summed E-state index contributed by atoms with van der Waals surface area (Å²) in [6.07, 6.45) is 3.46. The van der Waals surface area contributed by atoms with Crippen LogP contribution in [0.5, 0.6) is 0 Å². The molecule has 20 heavy (non-hydrogen) atoms. The predicted molar refractivity (Wildman–Crippen MR) is 73.8 cm³/mol. The Labute approximate surface area is 117 Å². The molecule has 0 saturated carbocycles. The zero-order chi connectivity index (χ0) is 14.4. The van der Waals surface area contributed by atoms with Crippen molar-refractivity contribution < 1.29 is 4.79 Å². The second-order valence-electron chi connectivity index (χ2n) is 4.29. The molecule has 6 heteroatoms. The van der Waals surface area contributed by atoms with Crippen molar-refractivity contribution in [2.75, 3.05) is 11.4 Å². The van der Waals surface area contributed by atoms with E-state index < -0.39 is 6.04 Å². The van der Waals surface area contributed by atoms with Crippen LogP contribution in [0.2, 0.25) is 0 Å². The van der Waals surface area contributed by atoms with Gasteiger partial charge in [0.2, 0.25) is 0 Å². The molecule has 0 aliphatic heterocycles. The average molecular weight is 269 g/mol. The van der Waals surface area contributed by atoms with Crippen LogP contribution in [-0.4, -0.2) is 27.4 Å². The van der Waals surface area contributed by atoms with Gasteiger partial charge >= 0.3 is 0 Å². The summed E-state index contributed by atoms with van der Waals surface area (Å²) in [5.41, 5.74) is 0.778. The highest BCUT2D eigenvalue weighted by Crippen LogP contribution is 2.18. The summed E-state index contributed by atoms with van der Waals surface area (Å²) < 4.78 is 1.50. The van der Waals surface area contributed by atoms with Gasteiger partial charge in [0.05, 0.1) is 18.7 Å². The van der Waals surface area contributed by atoms with E-state index in [1.54, 1.807) is 18.0 Å². The minimum atomic E-state index is -0.462. The highest BCUT2D eigenvalue weighted by Gasteiger charge is 2.23. The highest BCUT2D eigenvalue weighted by molar-refractivity contribution is 5.95. The molecule has 1 aromatic carbocycles. The fourth-order valence-corrected chi connectivity index (χ4v) is 1.90. The fourth-order valence-electron chi connectivity index (χ4n) is 1.90. The number of carbonyl (C=O) groups excluding carboxylic acids is 1. The zero-order valence-corrected chi connectivity index (χ0v) is 11.2. The van der Waals surface area contributed by atoms with E-state index in [2.05, 4.69) is 16.4 Å². The molecule has 1 amide bonds. The Hall–Kier alpha value is -2.68. The van der Waals surface area contributed by atoms with Gasteiger partial charge in [0.25, 0.3) is 5.91 Å². The first-order valence-corrected chi connectivity index (χ1v) is 6.33. The maximum absolute atomic E-state index is 12.6. The maximum Gasteiger partial charge on any atom is 0.251 e. The number of benzene rings is 1. The minimum absolute atomic E-state index is 0.114. The third-order valence-corrected chi connectivity index (χ3v) is 2.98. The van der Waals surface area contributed by atoms with E-state index in [0.29, 0.717) is 6.54 Å². The summed E-state index contributed by atoms with van der Waals surface area (Å²) in [6, 6.07) is 10.9. The Bertz CT molecular complexity index is 588. The summed E-state index contributed by atoms with van der Waals surface area (Å²) in [6.45, 7) is 2.12. The molecule has 102 valence electrons. The molecule has 1 heterocycles. The van der Waals surface area contributed by atoms with Crippen molar-refractivity contribution in [3.63, 3.8) is 0 Å². The van der Waals surface area contributed by atoms with Crippen molar-refractivity contribution in [2.45, 2.75) is 19.4 Å². The first kappa shape index (κ1) is 13.7. The number of amides is 1. The molecule has 0 aliphatic rings. The number of hydrogen-bond acceptors (Lipinski definition) is 4. The smallest absolute Gasteiger partial charge is 0.251 e. The van der Waals surface area contributed by atoms with E-state index in [1.807, 2.05) is 30.3 Å². The van der Waals surface area contributed by atoms with E-state index in [0.717, 1.165) is 5.69 Å². The molecule has 0 bridgehead atoms. The number of aromatic nitrogens is 3. The first-order chi connectivity index (χ1) is 9.74. The van der Waals surface area contributed by atoms with Crippen molar-refractivity contribution in [3.05, 3.63) is 42.7 Å². The first-order valence-electron chi connectivity index (χ1n) is 6.33. The number of anilines is 1. The number of hydrogen-bond donors (Lipinski definition) is 0. The summed E-state index contributed by atoms with van der Waals surface area (Å²) in [4.78, 5) is 14.2. The molecular weight excluding hydrogens is 254 g/mol. The van der Waals surface area contributed by atoms with E-state index >= 15 is 0 Å². The number of para-hydroxylation sites is 1. The summed E-state index contributed by atoms with van der Waals surface area (Å²) >= 11 is 0. The average Bonchev–Trinajstić information content (AvgIpc) is 3.02. The lowest BCUT2D eigenvalue weighted by Crippen LogP contribution is -2.37. The van der Waals surface area contributed by atoms with E-state index in [4.69, 9.17) is 5.26 Å². The van der Waals surface area contributed by atoms with Crippen LogP contribution in [0, 0.1) is 11.3 Å². The number of nitrogens with zero attached hydrogens (tertiary/aromatic N) is 5. The lowest BCUT2D eigenvalue weighted by Gasteiger charge is -2.25. The summed E-state index contributed by atoms with van der Waals surface area (Å²) in [5.74, 6) is -0.114. The number of rotatable bonds is 5. The quantitative estimate of drug-likeness (QED) is 0.829. The van der Waals surface area contributed by atoms with Gasteiger partial charge in [0.15, 0.2) is 0 Å². The van der Waals surface area contributed by atoms with Crippen LogP contribution in [0.15, 0.2) is 42.7 Å². The lowest BCUT2D eigenvalue weighted by molar-refractivity contribution is -0.121. The van der Waals surface area contributed by atoms with Crippen molar-refractivity contribution in [2.24, 2.45) is 0 Å². The van der Waals surface area contributed by atoms with Gasteiger partial charge in [0, 0.05) is 18.4 Å². The van der Waals surface area contributed by atoms with Crippen LogP contribution in [-0.2, 0) is 4.79 Å². The third-order valence-electron chi connectivity index (χ3n) is 2.98. The predicted octanol–water partition coefficient (Wildman–Crippen LogP) is 1.79. The lowest BCUT2D eigenvalue weighted by atomic mass is 10.2. The van der Waals surface area contributed by atoms with Crippen LogP contribution < -0.4 is 4.90 Å². The van der Waals surface area contributed by atoms with Gasteiger partial charge in [-0.1, -0.05) is 23.4 Å². The maximum atomic E-state index is 12.6. The van der Waals surface area contributed by atoms with Gasteiger partial charge in [-0.2, -0.15) is 5.26 Å². The Kier molecular flexibility index (Phi) is 4.45. The van der Waals surface area contributed by atoms with Crippen LogP contribution in [0.25, 0.3) is 0 Å². The van der Waals surface area contributed by atoms with Gasteiger partial charge < -0.3 is 4.90 Å². The van der Waals surface area contributed by atoms with Gasteiger partial charge in [-0.3, -0.25) is 4.79 Å². The summed E-state index contributed by atoms with van der Waals surface area (Å²) in [5, 5.41) is 16.3. The molecular formula is C14H15N5O. The Morgan fingerprint density at radius 2 is 2.20 bits per heavy atom. The zero-order valence-electron chi connectivity index (χ0n) is 11.2. The van der Waals surface area contributed by atoms with E-state index in [9.17, 15) is 4.79 Å². The standard InChI is InChI=1S/C14H15N5O/c1-12(19-11-9-16-17-19)14(20)18(10-5-8-15)13-6-3-2-4-7-13/h2-4,6-7,9,11-12H,5,10H2,1H3. The monoisotopic (exact) mass is 269 g/mol. The van der Waals surface area contributed by atoms with Crippen LogP contribution in [0.4, 0.5) is 5.69 Å². The molecule has 1 aromatic heterocycles. The Morgan fingerprint density at radius 1 is 1.45 bits per heavy atom. The van der Waals surface area contributed by atoms with Gasteiger partial charge in [-0.25, -0.2) is 4.68 Å². The molecule has 2 rings (SSSR count). The van der Waals surface area contributed by atoms with Crippen molar-refractivity contribution in [1.29, 1.82) is 5.26 Å². The molecule has 2 aromatic rings. The van der Waals surface area contributed by atoms with Crippen LogP contribution in [0.1, 0.15) is 19.4 Å². The Balaban J connectivity index is 2.23. The van der Waals surface area contributed by atoms with Crippen LogP contribution in [0.3, 0.4) is 0 Å². The molecule has 1 unspecified atom stereocenters. The largest absolute Gasteiger partial charge is 0.310 e. The number of nitriles is 1. The molecule has 0 spiro atoms. The second-order valence-corrected chi connectivity index (χ2v) is 4.29. The number of carbonyl (C=O) groups is 1. The second kappa shape index (κ2) is 6.48. The summed E-state index contributed by atoms with van der Waals surface area (Å²) in [7, 11) is 0. The molecule has 1 atom stereocenters. The minimum Gasteiger partial charge on any atom is -0.310 e. The molecule has 0 radical (unpaired) electrons. The van der Waals surface area contributed by atoms with Crippen molar-refractivity contribution >= 4 is 11.6 Å². The molecule has 0 aliphatic carbocycles. The van der Waals surface area contributed by atoms with Gasteiger partial charge in [-0.15, -0.1) is 5.10 Å². The van der Waals surface area contributed by atoms with E-state index in [-0.39, 0.29) is 12.3 Å². The normalized spacial score (nSPS) is 11.6. The molecule has 0 saturated heterocycles. The van der Waals surface area contributed by atoms with Crippen molar-refractivity contribution in [1.82, 2.24) is 15.0 Å². The molecule has 0 N–H and O–H groups in total. The fraction of sp³-hybridized carbons (Fsp3) is 0.286. The van der Waals surface area contributed by atoms with Gasteiger partial charge in [-0.05, 0) is 19.1 Å². The highest BCUT2D eigenvalue weighted by atomic mass is 16.2. The molecule has 6 nitrogen and oxygen atoms in total. The third kappa shape index (κ3) is 3.01.